The molecular weight excluding hydrogens is 472 g/mol. The van der Waals surface area contributed by atoms with Crippen LogP contribution in [0.25, 0.3) is 22.6 Å². The summed E-state index contributed by atoms with van der Waals surface area (Å²) in [5.74, 6) is 1.20. The molecule has 190 valence electrons. The van der Waals surface area contributed by atoms with Gasteiger partial charge in [-0.15, -0.1) is 0 Å². The average molecular weight is 501 g/mol. The van der Waals surface area contributed by atoms with E-state index >= 15 is 0 Å². The van der Waals surface area contributed by atoms with Crippen molar-refractivity contribution in [3.05, 3.63) is 60.4 Å². The molecule has 0 radical (unpaired) electrons. The van der Waals surface area contributed by atoms with E-state index in [0.717, 1.165) is 55.4 Å². The number of nitrogens with two attached hydrogens (primary N) is 1. The lowest BCUT2D eigenvalue weighted by Gasteiger charge is -2.39. The maximum Gasteiger partial charge on any atom is 0.261 e. The highest BCUT2D eigenvalue weighted by atomic mass is 16.5. The van der Waals surface area contributed by atoms with E-state index in [1.165, 1.54) is 0 Å². The molecule has 1 unspecified atom stereocenters. The molecule has 1 atom stereocenters. The summed E-state index contributed by atoms with van der Waals surface area (Å²) in [4.78, 5) is 25.2. The van der Waals surface area contributed by atoms with Gasteiger partial charge in [0.05, 0.1) is 23.3 Å². The van der Waals surface area contributed by atoms with Crippen LogP contribution >= 0.6 is 0 Å². The number of hydrogen-bond donors (Lipinski definition) is 2. The number of hydrogen-bond acceptors (Lipinski definition) is 9. The third-order valence-electron chi connectivity index (χ3n) is 7.24. The Kier molecular flexibility index (Phi) is 6.13. The average Bonchev–Trinajstić information content (AvgIpc) is 3.66. The first-order chi connectivity index (χ1) is 18.1. The molecule has 4 heterocycles. The Balaban J connectivity index is 1.14. The quantitative estimate of drug-likeness (QED) is 0.373. The molecule has 1 saturated carbocycles. The van der Waals surface area contributed by atoms with Crippen molar-refractivity contribution in [2.24, 2.45) is 0 Å². The van der Waals surface area contributed by atoms with Crippen LogP contribution < -0.4 is 11.1 Å². The van der Waals surface area contributed by atoms with Crippen LogP contribution in [-0.4, -0.2) is 55.1 Å². The second kappa shape index (κ2) is 9.74. The number of anilines is 1. The molecule has 2 fully saturated rings. The Bertz CT molecular complexity index is 1370. The maximum absolute atomic E-state index is 12.3. The van der Waals surface area contributed by atoms with Gasteiger partial charge < -0.3 is 20.3 Å². The molecule has 1 amide bonds. The number of nitrogens with one attached hydrogen (secondary N) is 1. The molecule has 1 saturated heterocycles. The van der Waals surface area contributed by atoms with Gasteiger partial charge in [0.25, 0.3) is 5.89 Å². The van der Waals surface area contributed by atoms with Crippen molar-refractivity contribution in [3.8, 4) is 22.6 Å². The van der Waals surface area contributed by atoms with Crippen LogP contribution in [0.3, 0.4) is 0 Å². The number of nitrogens with zero attached hydrogens (tertiary/aromatic N) is 6. The predicted molar refractivity (Wildman–Crippen MR) is 134 cm³/mol. The van der Waals surface area contributed by atoms with E-state index < -0.39 is 0 Å². The van der Waals surface area contributed by atoms with Gasteiger partial charge in [0.1, 0.15) is 6.54 Å². The van der Waals surface area contributed by atoms with E-state index in [-0.39, 0.29) is 29.9 Å². The molecular formula is C26H28N8O3. The molecule has 3 aromatic heterocycles. The fourth-order valence-electron chi connectivity index (χ4n) is 4.97. The highest BCUT2D eigenvalue weighted by molar-refractivity contribution is 5.75. The van der Waals surface area contributed by atoms with Gasteiger partial charge in [-0.1, -0.05) is 35.8 Å². The first-order valence-corrected chi connectivity index (χ1v) is 12.5. The maximum atomic E-state index is 12.3. The standard InChI is InChI=1S/C26H28N8O3/c27-25-29-11-18(12-30-25)17-4-6-20(7-5-17)26(8-2-9-26)24-32-23(37-33-24)19-13-31-34(15-19)16-22(35)28-14-21-3-1-10-36-21/h4-7,11-13,15,21H,1-3,8-10,14,16H2,(H,28,35)(H2,27,29,30). The number of ether oxygens (including phenoxy) is 1. The molecule has 0 spiro atoms. The van der Waals surface area contributed by atoms with Gasteiger partial charge in [-0.25, -0.2) is 9.97 Å². The monoisotopic (exact) mass is 500 g/mol. The smallest absolute Gasteiger partial charge is 0.261 e. The lowest BCUT2D eigenvalue weighted by atomic mass is 9.64. The molecule has 2 aliphatic rings. The van der Waals surface area contributed by atoms with Crippen LogP contribution in [0.15, 0.2) is 53.6 Å². The van der Waals surface area contributed by atoms with E-state index in [9.17, 15) is 4.79 Å². The molecule has 0 bridgehead atoms. The van der Waals surface area contributed by atoms with Crippen molar-refractivity contribution in [3.63, 3.8) is 0 Å². The lowest BCUT2D eigenvalue weighted by Crippen LogP contribution is -2.36. The number of rotatable bonds is 8. The van der Waals surface area contributed by atoms with Gasteiger partial charge in [-0.3, -0.25) is 9.48 Å². The van der Waals surface area contributed by atoms with Crippen molar-refractivity contribution in [1.29, 1.82) is 0 Å². The predicted octanol–water partition coefficient (Wildman–Crippen LogP) is 2.74. The summed E-state index contributed by atoms with van der Waals surface area (Å²) in [5, 5.41) is 11.6. The van der Waals surface area contributed by atoms with Crippen LogP contribution in [0.1, 0.15) is 43.5 Å². The topological polar surface area (TPSA) is 147 Å². The van der Waals surface area contributed by atoms with Crippen molar-refractivity contribution in [1.82, 2.24) is 35.2 Å². The van der Waals surface area contributed by atoms with Crippen LogP contribution in [0.4, 0.5) is 5.95 Å². The zero-order valence-corrected chi connectivity index (χ0v) is 20.3. The summed E-state index contributed by atoms with van der Waals surface area (Å²) in [6.45, 7) is 1.40. The Hall–Kier alpha value is -4.12. The summed E-state index contributed by atoms with van der Waals surface area (Å²) in [5.41, 5.74) is 9.06. The summed E-state index contributed by atoms with van der Waals surface area (Å²) in [6, 6.07) is 8.32. The number of nitrogen functional groups attached to an aromatic ring is 1. The fourth-order valence-corrected chi connectivity index (χ4v) is 4.97. The van der Waals surface area contributed by atoms with Crippen molar-refractivity contribution < 1.29 is 14.1 Å². The van der Waals surface area contributed by atoms with E-state index in [1.54, 1.807) is 29.5 Å². The normalized spacial score (nSPS) is 18.4. The van der Waals surface area contributed by atoms with Crippen LogP contribution in [0, 0.1) is 0 Å². The molecule has 11 nitrogen and oxygen atoms in total. The third-order valence-corrected chi connectivity index (χ3v) is 7.24. The van der Waals surface area contributed by atoms with E-state index in [2.05, 4.69) is 49.8 Å². The first kappa shape index (κ1) is 23.3. The minimum atomic E-state index is -0.282. The second-order valence-corrected chi connectivity index (χ2v) is 9.63. The summed E-state index contributed by atoms with van der Waals surface area (Å²) >= 11 is 0. The zero-order chi connectivity index (χ0) is 25.2. The number of amides is 1. The highest BCUT2D eigenvalue weighted by Gasteiger charge is 2.44. The molecule has 1 aliphatic heterocycles. The van der Waals surface area contributed by atoms with E-state index in [0.29, 0.717) is 23.8 Å². The fraction of sp³-hybridized carbons (Fsp3) is 0.385. The third kappa shape index (κ3) is 4.69. The Labute approximate surface area is 213 Å². The highest BCUT2D eigenvalue weighted by Crippen LogP contribution is 2.48. The molecule has 1 aromatic carbocycles. The lowest BCUT2D eigenvalue weighted by molar-refractivity contribution is -0.122. The molecule has 1 aliphatic carbocycles. The SMILES string of the molecule is Nc1ncc(-c2ccc(C3(c4noc(-c5cnn(CC(=O)NCC6CCCO6)c5)n4)CCC3)cc2)cn1. The summed E-state index contributed by atoms with van der Waals surface area (Å²) in [6.07, 6.45) is 11.9. The van der Waals surface area contributed by atoms with Crippen LogP contribution in [0.2, 0.25) is 0 Å². The summed E-state index contributed by atoms with van der Waals surface area (Å²) < 4.78 is 12.8. The van der Waals surface area contributed by atoms with Crippen LogP contribution in [-0.2, 0) is 21.5 Å². The Morgan fingerprint density at radius 1 is 1.08 bits per heavy atom. The number of benzene rings is 1. The van der Waals surface area contributed by atoms with Gasteiger partial charge in [-0.05, 0) is 36.8 Å². The van der Waals surface area contributed by atoms with E-state index in [1.807, 2.05) is 0 Å². The number of carbonyl (C=O) groups is 1. The van der Waals surface area contributed by atoms with Crippen molar-refractivity contribution >= 4 is 11.9 Å². The summed E-state index contributed by atoms with van der Waals surface area (Å²) in [7, 11) is 0. The molecule has 6 rings (SSSR count). The number of carbonyl (C=O) groups excluding carboxylic acids is 1. The molecule has 4 aromatic rings. The number of aromatic nitrogens is 6. The minimum Gasteiger partial charge on any atom is -0.376 e. The second-order valence-electron chi connectivity index (χ2n) is 9.63. The first-order valence-electron chi connectivity index (χ1n) is 12.5. The minimum absolute atomic E-state index is 0.107. The largest absolute Gasteiger partial charge is 0.376 e. The van der Waals surface area contributed by atoms with Gasteiger partial charge in [0.15, 0.2) is 5.82 Å². The molecule has 11 heteroatoms. The Morgan fingerprint density at radius 2 is 1.89 bits per heavy atom. The van der Waals surface area contributed by atoms with E-state index in [4.69, 9.17) is 20.0 Å². The Morgan fingerprint density at radius 3 is 2.59 bits per heavy atom. The molecule has 37 heavy (non-hydrogen) atoms. The van der Waals surface area contributed by atoms with Gasteiger partial charge in [0, 0.05) is 37.3 Å². The van der Waals surface area contributed by atoms with Gasteiger partial charge in [0.2, 0.25) is 11.9 Å². The van der Waals surface area contributed by atoms with Crippen molar-refractivity contribution in [2.45, 2.75) is 50.2 Å². The van der Waals surface area contributed by atoms with Gasteiger partial charge in [-0.2, -0.15) is 10.1 Å². The molecule has 3 N–H and O–H groups in total. The van der Waals surface area contributed by atoms with Gasteiger partial charge >= 0.3 is 0 Å². The van der Waals surface area contributed by atoms with Crippen molar-refractivity contribution in [2.75, 3.05) is 18.9 Å². The van der Waals surface area contributed by atoms with Crippen LogP contribution in [0.5, 0.6) is 0 Å². The zero-order valence-electron chi connectivity index (χ0n) is 20.3.